The summed E-state index contributed by atoms with van der Waals surface area (Å²) >= 11 is 3.19. The van der Waals surface area contributed by atoms with Gasteiger partial charge in [-0.05, 0) is 40.5 Å². The second-order valence-electron chi connectivity index (χ2n) is 3.62. The normalized spacial score (nSPS) is 11.2. The molecule has 0 aliphatic rings. The third kappa shape index (κ3) is 4.28. The van der Waals surface area contributed by atoms with Gasteiger partial charge in [-0.25, -0.2) is 17.9 Å². The quantitative estimate of drug-likeness (QED) is 0.690. The van der Waals surface area contributed by atoms with Gasteiger partial charge in [-0.3, -0.25) is 0 Å². The highest BCUT2D eigenvalue weighted by molar-refractivity contribution is 9.10. The van der Waals surface area contributed by atoms with E-state index >= 15 is 0 Å². The van der Waals surface area contributed by atoms with E-state index in [0.717, 1.165) is 5.56 Å². The molecule has 1 aromatic rings. The van der Waals surface area contributed by atoms with Crippen LogP contribution in [0.5, 0.6) is 0 Å². The Balaban J connectivity index is 2.74. The minimum absolute atomic E-state index is 0.0751. The molecule has 0 unspecified atom stereocenters. The van der Waals surface area contributed by atoms with Gasteiger partial charge in [-0.1, -0.05) is 6.07 Å². The first-order valence-corrected chi connectivity index (χ1v) is 7.39. The fourth-order valence-corrected chi connectivity index (χ4v) is 3.34. The molecule has 18 heavy (non-hydrogen) atoms. The lowest BCUT2D eigenvalue weighted by Crippen LogP contribution is -2.37. The summed E-state index contributed by atoms with van der Waals surface area (Å²) in [4.78, 5) is 10.6. The first kappa shape index (κ1) is 14.9. The molecule has 4 N–H and O–H groups in total. The van der Waals surface area contributed by atoms with Gasteiger partial charge in [0.25, 0.3) is 0 Å². The largest absolute Gasteiger partial charge is 0.352 e. The van der Waals surface area contributed by atoms with E-state index in [1.165, 1.54) is 0 Å². The highest BCUT2D eigenvalue weighted by Crippen LogP contribution is 2.22. The Morgan fingerprint density at radius 2 is 2.06 bits per heavy atom. The molecule has 0 saturated carbocycles. The molecule has 0 atom stereocenters. The lowest BCUT2D eigenvalue weighted by molar-refractivity contribution is 0.249. The fraction of sp³-hybridized carbons (Fsp3) is 0.300. The van der Waals surface area contributed by atoms with Crippen molar-refractivity contribution in [2.24, 2.45) is 5.73 Å². The standard InChI is InChI=1S/C10H14BrN3O3S/c1-7-2-3-8(11)9(6-7)18(16,17)14-5-4-13-10(12)15/h2-3,6,14H,4-5H2,1H3,(H3,12,13,15). The molecule has 100 valence electrons. The molecule has 0 aliphatic heterocycles. The Morgan fingerprint density at radius 3 is 2.67 bits per heavy atom. The number of rotatable bonds is 5. The lowest BCUT2D eigenvalue weighted by atomic mass is 10.2. The van der Waals surface area contributed by atoms with E-state index in [-0.39, 0.29) is 18.0 Å². The molecule has 2 amide bonds. The van der Waals surface area contributed by atoms with Crippen LogP contribution in [0.1, 0.15) is 5.56 Å². The van der Waals surface area contributed by atoms with Gasteiger partial charge < -0.3 is 11.1 Å². The number of sulfonamides is 1. The summed E-state index contributed by atoms with van der Waals surface area (Å²) in [5.74, 6) is 0. The number of nitrogens with one attached hydrogen (secondary N) is 2. The van der Waals surface area contributed by atoms with Gasteiger partial charge in [0.1, 0.15) is 0 Å². The average molecular weight is 336 g/mol. The van der Waals surface area contributed by atoms with E-state index in [2.05, 4.69) is 26.0 Å². The fourth-order valence-electron chi connectivity index (χ4n) is 1.27. The summed E-state index contributed by atoms with van der Waals surface area (Å²) in [7, 11) is -3.60. The molecule has 0 radical (unpaired) electrons. The number of urea groups is 1. The summed E-state index contributed by atoms with van der Waals surface area (Å²) in [6, 6.07) is 4.35. The van der Waals surface area contributed by atoms with Gasteiger partial charge in [0.15, 0.2) is 0 Å². The number of carbonyl (C=O) groups is 1. The highest BCUT2D eigenvalue weighted by Gasteiger charge is 2.16. The Kier molecular flexibility index (Phi) is 5.12. The van der Waals surface area contributed by atoms with Crippen molar-refractivity contribution in [1.82, 2.24) is 10.0 Å². The van der Waals surface area contributed by atoms with Crippen LogP contribution < -0.4 is 15.8 Å². The Morgan fingerprint density at radius 1 is 1.39 bits per heavy atom. The van der Waals surface area contributed by atoms with Gasteiger partial charge in [0.05, 0.1) is 4.90 Å². The van der Waals surface area contributed by atoms with Crippen LogP contribution in [-0.2, 0) is 10.0 Å². The summed E-state index contributed by atoms with van der Waals surface area (Å²) in [5.41, 5.74) is 5.70. The highest BCUT2D eigenvalue weighted by atomic mass is 79.9. The average Bonchev–Trinajstić information content (AvgIpc) is 2.27. The maximum Gasteiger partial charge on any atom is 0.312 e. The number of primary amides is 1. The van der Waals surface area contributed by atoms with E-state index < -0.39 is 16.1 Å². The van der Waals surface area contributed by atoms with Crippen molar-refractivity contribution in [3.8, 4) is 0 Å². The number of amides is 2. The van der Waals surface area contributed by atoms with Gasteiger partial charge in [-0.2, -0.15) is 0 Å². The number of halogens is 1. The van der Waals surface area contributed by atoms with Crippen molar-refractivity contribution in [2.45, 2.75) is 11.8 Å². The Bertz CT molecular complexity index is 545. The number of carbonyl (C=O) groups excluding carboxylic acids is 1. The van der Waals surface area contributed by atoms with E-state index in [9.17, 15) is 13.2 Å². The second kappa shape index (κ2) is 6.17. The predicted octanol–water partition coefficient (Wildman–Crippen LogP) is 0.704. The summed E-state index contributed by atoms with van der Waals surface area (Å²) in [6.07, 6.45) is 0. The zero-order chi connectivity index (χ0) is 13.8. The second-order valence-corrected chi connectivity index (χ2v) is 6.21. The molecule has 1 aromatic carbocycles. The van der Waals surface area contributed by atoms with E-state index in [4.69, 9.17) is 5.73 Å². The van der Waals surface area contributed by atoms with Crippen LogP contribution in [0.15, 0.2) is 27.6 Å². The molecule has 0 heterocycles. The van der Waals surface area contributed by atoms with Gasteiger partial charge in [0, 0.05) is 17.6 Å². The number of hydrogen-bond donors (Lipinski definition) is 3. The summed E-state index contributed by atoms with van der Waals surface area (Å²) in [6.45, 7) is 2.02. The molecule has 0 aromatic heterocycles. The maximum absolute atomic E-state index is 12.0. The molecule has 6 nitrogen and oxygen atoms in total. The van der Waals surface area contributed by atoms with Crippen LogP contribution in [-0.4, -0.2) is 27.5 Å². The van der Waals surface area contributed by atoms with E-state index in [1.807, 2.05) is 0 Å². The van der Waals surface area contributed by atoms with Crippen molar-refractivity contribution < 1.29 is 13.2 Å². The minimum atomic E-state index is -3.60. The topological polar surface area (TPSA) is 101 Å². The molecule has 8 heteroatoms. The molecule has 1 rings (SSSR count). The smallest absolute Gasteiger partial charge is 0.312 e. The molecule has 0 saturated heterocycles. The Labute approximate surface area is 114 Å². The molecular weight excluding hydrogens is 322 g/mol. The first-order valence-electron chi connectivity index (χ1n) is 5.12. The lowest BCUT2D eigenvalue weighted by Gasteiger charge is -2.09. The molecule has 0 aliphatic carbocycles. The molecule has 0 spiro atoms. The number of aryl methyl sites for hydroxylation is 1. The zero-order valence-electron chi connectivity index (χ0n) is 9.73. The van der Waals surface area contributed by atoms with Crippen molar-refractivity contribution in [2.75, 3.05) is 13.1 Å². The maximum atomic E-state index is 12.0. The predicted molar refractivity (Wildman–Crippen MR) is 71.7 cm³/mol. The van der Waals surface area contributed by atoms with Crippen molar-refractivity contribution in [3.05, 3.63) is 28.2 Å². The monoisotopic (exact) mass is 335 g/mol. The Hall–Kier alpha value is -1.12. The van der Waals surface area contributed by atoms with Gasteiger partial charge in [-0.15, -0.1) is 0 Å². The van der Waals surface area contributed by atoms with Crippen LogP contribution in [0, 0.1) is 6.92 Å². The van der Waals surface area contributed by atoms with Crippen molar-refractivity contribution >= 4 is 32.0 Å². The van der Waals surface area contributed by atoms with Gasteiger partial charge >= 0.3 is 6.03 Å². The summed E-state index contributed by atoms with van der Waals surface area (Å²) in [5, 5.41) is 2.30. The minimum Gasteiger partial charge on any atom is -0.352 e. The molecule has 0 bridgehead atoms. The van der Waals surface area contributed by atoms with Crippen LogP contribution in [0.4, 0.5) is 4.79 Å². The first-order chi connectivity index (χ1) is 8.33. The van der Waals surface area contributed by atoms with Gasteiger partial charge in [0.2, 0.25) is 10.0 Å². The molecule has 0 fully saturated rings. The van der Waals surface area contributed by atoms with Crippen LogP contribution in [0.25, 0.3) is 0 Å². The summed E-state index contributed by atoms with van der Waals surface area (Å²) < 4.78 is 26.8. The van der Waals surface area contributed by atoms with Crippen molar-refractivity contribution in [3.63, 3.8) is 0 Å². The number of benzene rings is 1. The van der Waals surface area contributed by atoms with Crippen molar-refractivity contribution in [1.29, 1.82) is 0 Å². The molecular formula is C10H14BrN3O3S. The third-order valence-electron chi connectivity index (χ3n) is 2.09. The van der Waals surface area contributed by atoms with E-state index in [0.29, 0.717) is 4.47 Å². The number of nitrogens with two attached hydrogens (primary N) is 1. The number of hydrogen-bond acceptors (Lipinski definition) is 3. The van der Waals surface area contributed by atoms with Crippen LogP contribution in [0.3, 0.4) is 0 Å². The van der Waals surface area contributed by atoms with Crippen LogP contribution in [0.2, 0.25) is 0 Å². The van der Waals surface area contributed by atoms with E-state index in [1.54, 1.807) is 25.1 Å². The third-order valence-corrected chi connectivity index (χ3v) is 4.55. The van der Waals surface area contributed by atoms with Crippen LogP contribution >= 0.6 is 15.9 Å². The zero-order valence-corrected chi connectivity index (χ0v) is 12.1. The SMILES string of the molecule is Cc1ccc(Br)c(S(=O)(=O)NCCNC(N)=O)c1.